The molecule has 0 amide bonds. The van der Waals surface area contributed by atoms with Crippen molar-refractivity contribution < 1.29 is 4.92 Å². The van der Waals surface area contributed by atoms with Gasteiger partial charge in [0, 0.05) is 12.1 Å². The number of nitrogens with one attached hydrogen (secondary N) is 1. The Kier molecular flexibility index (Phi) is 3.33. The lowest BCUT2D eigenvalue weighted by Crippen LogP contribution is -2.22. The quantitative estimate of drug-likeness (QED) is 0.682. The van der Waals surface area contributed by atoms with Gasteiger partial charge in [-0.2, -0.15) is 0 Å². The number of nitro benzene ring substituents is 1. The first-order chi connectivity index (χ1) is 9.54. The fourth-order valence-corrected chi connectivity index (χ4v) is 3.75. The fraction of sp³-hybridized carbons (Fsp3) is 0.500. The predicted octanol–water partition coefficient (Wildman–Crippen LogP) is 4.11. The van der Waals surface area contributed by atoms with E-state index in [9.17, 15) is 10.1 Å². The summed E-state index contributed by atoms with van der Waals surface area (Å²) in [5.74, 6) is 0.558. The minimum Gasteiger partial charge on any atom is -0.376 e. The van der Waals surface area contributed by atoms with Gasteiger partial charge >= 0.3 is 0 Å². The number of aromatic nitrogens is 1. The number of fused-ring (bicyclic) bond motifs is 1. The molecule has 0 saturated heterocycles. The maximum Gasteiger partial charge on any atom is 0.293 e. The number of aryl methyl sites for hydroxylation is 1. The van der Waals surface area contributed by atoms with Crippen molar-refractivity contribution in [3.8, 4) is 0 Å². The summed E-state index contributed by atoms with van der Waals surface area (Å²) in [6, 6.07) is 3.79. The highest BCUT2D eigenvalue weighted by molar-refractivity contribution is 7.18. The van der Waals surface area contributed by atoms with Gasteiger partial charge in [-0.3, -0.25) is 10.1 Å². The first-order valence-electron chi connectivity index (χ1n) is 6.86. The van der Waals surface area contributed by atoms with E-state index in [0.717, 1.165) is 21.6 Å². The maximum absolute atomic E-state index is 11.3. The van der Waals surface area contributed by atoms with Gasteiger partial charge in [0.1, 0.15) is 5.69 Å². The van der Waals surface area contributed by atoms with E-state index in [1.165, 1.54) is 24.2 Å². The van der Waals surface area contributed by atoms with Gasteiger partial charge in [0.25, 0.3) is 5.69 Å². The van der Waals surface area contributed by atoms with Crippen molar-refractivity contribution in [1.82, 2.24) is 4.98 Å². The van der Waals surface area contributed by atoms with E-state index in [0.29, 0.717) is 17.6 Å². The van der Waals surface area contributed by atoms with Crippen LogP contribution < -0.4 is 5.32 Å². The SMILES string of the molecule is Cc1nc2cc(NC3CCCC3C)c([N+](=O)[O-])cc2s1. The van der Waals surface area contributed by atoms with Crippen LogP contribution in [0.3, 0.4) is 0 Å². The third kappa shape index (κ3) is 2.35. The highest BCUT2D eigenvalue weighted by Crippen LogP contribution is 2.36. The van der Waals surface area contributed by atoms with Crippen LogP contribution >= 0.6 is 11.3 Å². The molecule has 0 radical (unpaired) electrons. The smallest absolute Gasteiger partial charge is 0.293 e. The van der Waals surface area contributed by atoms with Gasteiger partial charge in [-0.25, -0.2) is 4.98 Å². The average molecular weight is 291 g/mol. The van der Waals surface area contributed by atoms with Crippen molar-refractivity contribution in [2.45, 2.75) is 39.2 Å². The van der Waals surface area contributed by atoms with Crippen LogP contribution in [0, 0.1) is 23.0 Å². The molecule has 1 aliphatic rings. The molecule has 1 N–H and O–H groups in total. The summed E-state index contributed by atoms with van der Waals surface area (Å²) >= 11 is 1.49. The van der Waals surface area contributed by atoms with Gasteiger partial charge in [-0.05, 0) is 31.7 Å². The minimum atomic E-state index is -0.309. The average Bonchev–Trinajstić information content (AvgIpc) is 2.93. The summed E-state index contributed by atoms with van der Waals surface area (Å²) in [5.41, 5.74) is 1.60. The monoisotopic (exact) mass is 291 g/mol. The Morgan fingerprint density at radius 1 is 1.45 bits per heavy atom. The molecule has 2 atom stereocenters. The second-order valence-electron chi connectivity index (χ2n) is 5.49. The minimum absolute atomic E-state index is 0.153. The molecule has 2 unspecified atom stereocenters. The van der Waals surface area contributed by atoms with Crippen LogP contribution in [0.1, 0.15) is 31.2 Å². The summed E-state index contributed by atoms with van der Waals surface area (Å²) < 4.78 is 0.874. The molecule has 1 fully saturated rings. The van der Waals surface area contributed by atoms with Gasteiger partial charge in [0.2, 0.25) is 0 Å². The summed E-state index contributed by atoms with van der Waals surface area (Å²) in [5, 5.41) is 15.6. The van der Waals surface area contributed by atoms with Crippen LogP contribution in [-0.4, -0.2) is 15.9 Å². The topological polar surface area (TPSA) is 68.1 Å². The highest BCUT2D eigenvalue weighted by Gasteiger charge is 2.26. The molecule has 2 aromatic rings. The first kappa shape index (κ1) is 13.3. The molecular formula is C14H17N3O2S. The molecule has 1 aromatic carbocycles. The molecule has 3 rings (SSSR count). The Morgan fingerprint density at radius 2 is 2.25 bits per heavy atom. The lowest BCUT2D eigenvalue weighted by molar-refractivity contribution is -0.383. The van der Waals surface area contributed by atoms with Gasteiger partial charge in [-0.15, -0.1) is 11.3 Å². The van der Waals surface area contributed by atoms with Gasteiger partial charge in [-0.1, -0.05) is 13.3 Å². The second-order valence-corrected chi connectivity index (χ2v) is 6.72. The number of benzene rings is 1. The lowest BCUT2D eigenvalue weighted by atomic mass is 10.1. The molecule has 0 aliphatic heterocycles. The van der Waals surface area contributed by atoms with E-state index in [2.05, 4.69) is 17.2 Å². The lowest BCUT2D eigenvalue weighted by Gasteiger charge is -2.18. The van der Waals surface area contributed by atoms with Gasteiger partial charge < -0.3 is 5.32 Å². The molecule has 106 valence electrons. The first-order valence-corrected chi connectivity index (χ1v) is 7.68. The highest BCUT2D eigenvalue weighted by atomic mass is 32.1. The zero-order valence-corrected chi connectivity index (χ0v) is 12.4. The normalized spacial score (nSPS) is 22.3. The fourth-order valence-electron chi connectivity index (χ4n) is 2.90. The zero-order chi connectivity index (χ0) is 14.3. The van der Waals surface area contributed by atoms with Crippen molar-refractivity contribution >= 4 is 32.9 Å². The Hall–Kier alpha value is -1.69. The summed E-state index contributed by atoms with van der Waals surface area (Å²) in [6.07, 6.45) is 3.45. The molecule has 0 spiro atoms. The van der Waals surface area contributed by atoms with Crippen LogP contribution in [0.25, 0.3) is 10.2 Å². The van der Waals surface area contributed by atoms with Crippen molar-refractivity contribution in [2.75, 3.05) is 5.32 Å². The third-order valence-electron chi connectivity index (χ3n) is 4.01. The van der Waals surface area contributed by atoms with Crippen LogP contribution in [0.2, 0.25) is 0 Å². The molecule has 6 heteroatoms. The Labute approximate surface area is 121 Å². The van der Waals surface area contributed by atoms with Crippen LogP contribution in [0.15, 0.2) is 12.1 Å². The predicted molar refractivity (Wildman–Crippen MR) is 81.4 cm³/mol. The Bertz CT molecular complexity index is 668. The molecule has 1 aromatic heterocycles. The van der Waals surface area contributed by atoms with E-state index in [4.69, 9.17) is 0 Å². The number of rotatable bonds is 3. The van der Waals surface area contributed by atoms with E-state index in [1.54, 1.807) is 6.07 Å². The zero-order valence-electron chi connectivity index (χ0n) is 11.5. The van der Waals surface area contributed by atoms with Crippen molar-refractivity contribution in [2.24, 2.45) is 5.92 Å². The Balaban J connectivity index is 2.02. The van der Waals surface area contributed by atoms with Crippen molar-refractivity contribution in [3.63, 3.8) is 0 Å². The number of hydrogen-bond acceptors (Lipinski definition) is 5. The Morgan fingerprint density at radius 3 is 2.90 bits per heavy atom. The number of anilines is 1. The van der Waals surface area contributed by atoms with E-state index < -0.39 is 0 Å². The van der Waals surface area contributed by atoms with Crippen LogP contribution in [0.4, 0.5) is 11.4 Å². The number of hydrogen-bond donors (Lipinski definition) is 1. The van der Waals surface area contributed by atoms with Gasteiger partial charge in [0.05, 0.1) is 20.1 Å². The molecule has 1 aliphatic carbocycles. The molecule has 20 heavy (non-hydrogen) atoms. The number of nitrogens with zero attached hydrogens (tertiary/aromatic N) is 2. The standard InChI is InChI=1S/C14H17N3O2S/c1-8-4-3-5-10(8)16-11-6-12-14(20-9(2)15-12)7-13(11)17(18)19/h6-8,10,16H,3-5H2,1-2H3. The van der Waals surface area contributed by atoms with Gasteiger partial charge in [0.15, 0.2) is 0 Å². The van der Waals surface area contributed by atoms with E-state index in [-0.39, 0.29) is 10.6 Å². The third-order valence-corrected chi connectivity index (χ3v) is 4.95. The molecule has 1 heterocycles. The molecular weight excluding hydrogens is 274 g/mol. The summed E-state index contributed by atoms with van der Waals surface area (Å²) in [4.78, 5) is 15.4. The van der Waals surface area contributed by atoms with Crippen molar-refractivity contribution in [3.05, 3.63) is 27.3 Å². The maximum atomic E-state index is 11.3. The van der Waals surface area contributed by atoms with E-state index >= 15 is 0 Å². The van der Waals surface area contributed by atoms with E-state index in [1.807, 2.05) is 13.0 Å². The number of thiazole rings is 1. The summed E-state index contributed by atoms with van der Waals surface area (Å²) in [6.45, 7) is 4.12. The second kappa shape index (κ2) is 5.01. The molecule has 1 saturated carbocycles. The van der Waals surface area contributed by atoms with Crippen LogP contribution in [-0.2, 0) is 0 Å². The summed E-state index contributed by atoms with van der Waals surface area (Å²) in [7, 11) is 0. The number of nitro groups is 1. The van der Waals surface area contributed by atoms with Crippen LogP contribution in [0.5, 0.6) is 0 Å². The molecule has 0 bridgehead atoms. The van der Waals surface area contributed by atoms with Crippen molar-refractivity contribution in [1.29, 1.82) is 0 Å². The largest absolute Gasteiger partial charge is 0.376 e. The molecule has 5 nitrogen and oxygen atoms in total.